The van der Waals surface area contributed by atoms with Crippen molar-refractivity contribution in [2.45, 2.75) is 169 Å². The summed E-state index contributed by atoms with van der Waals surface area (Å²) >= 11 is 5.93. The van der Waals surface area contributed by atoms with E-state index in [0.717, 1.165) is 142 Å². The summed E-state index contributed by atoms with van der Waals surface area (Å²) in [7, 11) is 6.03. The SMILES string of the molecule is CC(C)N1CCN(C)CC1.CC(C)N1CCNCC1.CC(C)NC1(Cl)CC1.CC(C)NC1CC1.CC(C)OCCCN1CCOCC1.CN1CCN(CCO)CC1.COCCCOC(C)C. The Hall–Kier alpha value is -0.270. The second-order valence-electron chi connectivity index (χ2n) is 20.5. The number of aliphatic hydroxyl groups excluding tert-OH is 1. The molecule has 4 heterocycles. The number of ether oxygens (including phenoxy) is 4. The van der Waals surface area contributed by atoms with Crippen LogP contribution in [0.25, 0.3) is 0 Å². The molecule has 66 heavy (non-hydrogen) atoms. The van der Waals surface area contributed by atoms with Gasteiger partial charge in [-0.2, -0.15) is 0 Å². The predicted octanol–water partition coefficient (Wildman–Crippen LogP) is 5.61. The number of nitrogens with one attached hydrogen (secondary N) is 3. The Morgan fingerprint density at radius 1 is 0.621 bits per heavy atom. The topological polar surface area (TPSA) is 113 Å². The van der Waals surface area contributed by atoms with Gasteiger partial charge in [0.2, 0.25) is 0 Å². The molecule has 4 N–H and O–H groups in total. The first-order valence-electron chi connectivity index (χ1n) is 26.4. The summed E-state index contributed by atoms with van der Waals surface area (Å²) in [6.07, 6.45) is 7.91. The quantitative estimate of drug-likeness (QED) is 0.0777. The molecule has 0 radical (unpaired) electrons. The molecule has 6 rings (SSSR count). The largest absolute Gasteiger partial charge is 0.395 e. The summed E-state index contributed by atoms with van der Waals surface area (Å²) in [5, 5.41) is 18.6. The Balaban J connectivity index is 0.000000752. The number of methoxy groups -OCH3 is 1. The van der Waals surface area contributed by atoms with E-state index >= 15 is 0 Å². The molecule has 0 aromatic heterocycles. The van der Waals surface area contributed by atoms with Crippen LogP contribution in [0.5, 0.6) is 0 Å². The highest BCUT2D eigenvalue weighted by molar-refractivity contribution is 6.25. The number of hydrogen-bond donors (Lipinski definition) is 4. The van der Waals surface area contributed by atoms with Gasteiger partial charge < -0.3 is 44.5 Å². The smallest absolute Gasteiger partial charge is 0.0939 e. The summed E-state index contributed by atoms with van der Waals surface area (Å²) in [4.78, 5) is 14.4. The monoisotopic (exact) mass is 966 g/mol. The Kier molecular flexibility index (Phi) is 41.2. The number of halogens is 1. The van der Waals surface area contributed by atoms with Crippen LogP contribution in [0.15, 0.2) is 0 Å². The fraction of sp³-hybridized carbons (Fsp3) is 1.00. The maximum Gasteiger partial charge on any atom is 0.0939 e. The molecule has 0 spiro atoms. The molecule has 0 bridgehead atoms. The maximum atomic E-state index is 8.63. The van der Waals surface area contributed by atoms with Crippen molar-refractivity contribution in [2.24, 2.45) is 0 Å². The number of alkyl halides is 1. The highest BCUT2D eigenvalue weighted by atomic mass is 35.5. The van der Waals surface area contributed by atoms with Crippen molar-refractivity contribution in [3.63, 3.8) is 0 Å². The maximum absolute atomic E-state index is 8.63. The van der Waals surface area contributed by atoms with Crippen LogP contribution < -0.4 is 16.0 Å². The van der Waals surface area contributed by atoms with E-state index in [0.29, 0.717) is 30.9 Å². The Bertz CT molecular complexity index is 1030. The minimum absolute atomic E-state index is 0.00579. The first-order valence-corrected chi connectivity index (χ1v) is 26.8. The Morgan fingerprint density at radius 3 is 1.45 bits per heavy atom. The van der Waals surface area contributed by atoms with Crippen molar-refractivity contribution in [1.29, 1.82) is 0 Å². The number of nitrogens with zero attached hydrogens (tertiary/aromatic N) is 6. The van der Waals surface area contributed by atoms with E-state index in [4.69, 9.17) is 35.7 Å². The van der Waals surface area contributed by atoms with Crippen LogP contribution in [-0.2, 0) is 18.9 Å². The lowest BCUT2D eigenvalue weighted by atomic mass is 10.2. The lowest BCUT2D eigenvalue weighted by Crippen LogP contribution is -2.47. The molecule has 4 aliphatic heterocycles. The van der Waals surface area contributed by atoms with Gasteiger partial charge in [0.15, 0.2) is 0 Å². The van der Waals surface area contributed by atoms with Gasteiger partial charge in [0.05, 0.1) is 37.0 Å². The molecule has 398 valence electrons. The third kappa shape index (κ3) is 42.6. The van der Waals surface area contributed by atoms with Gasteiger partial charge in [-0.3, -0.25) is 24.9 Å². The minimum Gasteiger partial charge on any atom is -0.395 e. The van der Waals surface area contributed by atoms with Crippen LogP contribution >= 0.6 is 11.6 Å². The Morgan fingerprint density at radius 2 is 1.09 bits per heavy atom. The number of rotatable bonds is 18. The van der Waals surface area contributed by atoms with E-state index in [2.05, 4.69) is 129 Å². The van der Waals surface area contributed by atoms with Gasteiger partial charge >= 0.3 is 0 Å². The van der Waals surface area contributed by atoms with Gasteiger partial charge in [-0.15, -0.1) is 11.6 Å². The van der Waals surface area contributed by atoms with Crippen molar-refractivity contribution in [2.75, 3.05) is 166 Å². The zero-order valence-electron chi connectivity index (χ0n) is 46.0. The van der Waals surface area contributed by atoms with E-state index in [1.54, 1.807) is 7.11 Å². The molecule has 6 aliphatic rings. The fourth-order valence-electron chi connectivity index (χ4n) is 7.20. The number of aliphatic hydroxyl groups is 1. The van der Waals surface area contributed by atoms with E-state index in [-0.39, 0.29) is 5.00 Å². The average Bonchev–Trinajstić information content (AvgIpc) is 4.22. The first kappa shape index (κ1) is 65.7. The van der Waals surface area contributed by atoms with Crippen LogP contribution in [0, 0.1) is 0 Å². The lowest BCUT2D eigenvalue weighted by Gasteiger charge is -2.34. The van der Waals surface area contributed by atoms with Crippen LogP contribution in [0.2, 0.25) is 0 Å². The fourth-order valence-corrected chi connectivity index (χ4v) is 7.51. The minimum atomic E-state index is -0.00579. The van der Waals surface area contributed by atoms with E-state index < -0.39 is 0 Å². The molecule has 0 amide bonds. The summed E-state index contributed by atoms with van der Waals surface area (Å²) in [5.74, 6) is 0. The van der Waals surface area contributed by atoms with Crippen molar-refractivity contribution in [3.05, 3.63) is 0 Å². The predicted molar refractivity (Wildman–Crippen MR) is 283 cm³/mol. The van der Waals surface area contributed by atoms with E-state index in [9.17, 15) is 0 Å². The summed E-state index contributed by atoms with van der Waals surface area (Å²) < 4.78 is 20.9. The van der Waals surface area contributed by atoms with Gasteiger partial charge in [0.1, 0.15) is 0 Å². The summed E-state index contributed by atoms with van der Waals surface area (Å²) in [5.41, 5.74) is 0. The number of likely N-dealkylation sites (N-methyl/N-ethyl adjacent to an activating group) is 2. The van der Waals surface area contributed by atoms with Crippen LogP contribution in [0.4, 0.5) is 0 Å². The third-order valence-electron chi connectivity index (χ3n) is 11.7. The number of β-amino-alcohol motifs (C(OH)–C–C–N with tert-alkyl or cyclic N) is 1. The molecule has 0 aromatic rings. The summed E-state index contributed by atoms with van der Waals surface area (Å²) in [6.45, 7) is 48.8. The molecule has 14 nitrogen and oxygen atoms in total. The zero-order valence-corrected chi connectivity index (χ0v) is 46.7. The van der Waals surface area contributed by atoms with Crippen molar-refractivity contribution in [1.82, 2.24) is 45.3 Å². The van der Waals surface area contributed by atoms with Crippen molar-refractivity contribution in [3.8, 4) is 0 Å². The molecule has 6 fully saturated rings. The van der Waals surface area contributed by atoms with Gasteiger partial charge in [-0.05, 0) is 122 Å². The normalized spacial score (nSPS) is 20.8. The molecule has 2 saturated carbocycles. The molecule has 15 heteroatoms. The van der Waals surface area contributed by atoms with Crippen LogP contribution in [0.3, 0.4) is 0 Å². The number of piperazine rings is 3. The summed E-state index contributed by atoms with van der Waals surface area (Å²) in [6, 6.07) is 3.54. The van der Waals surface area contributed by atoms with E-state index in [1.807, 2.05) is 13.8 Å². The Labute approximate surface area is 414 Å². The van der Waals surface area contributed by atoms with Crippen molar-refractivity contribution < 1.29 is 24.1 Å². The zero-order chi connectivity index (χ0) is 49.8. The number of morpholine rings is 1. The van der Waals surface area contributed by atoms with Gasteiger partial charge in [-0.1, -0.05) is 13.8 Å². The lowest BCUT2D eigenvalue weighted by molar-refractivity contribution is 0.0266. The van der Waals surface area contributed by atoms with Gasteiger partial charge in [-0.25, -0.2) is 0 Å². The third-order valence-corrected chi connectivity index (χ3v) is 12.1. The first-order chi connectivity index (χ1) is 31.3. The highest BCUT2D eigenvalue weighted by Gasteiger charge is 2.40. The molecule has 4 saturated heterocycles. The molecule has 2 aliphatic carbocycles. The number of hydrogen-bond acceptors (Lipinski definition) is 14. The molecule has 0 atom stereocenters. The second kappa shape index (κ2) is 41.4. The van der Waals surface area contributed by atoms with E-state index in [1.165, 1.54) is 52.1 Å². The van der Waals surface area contributed by atoms with Crippen LogP contribution in [0.1, 0.15) is 122 Å². The molecular weight excluding hydrogens is 854 g/mol. The molecule has 0 aromatic carbocycles. The highest BCUT2D eigenvalue weighted by Crippen LogP contribution is 2.39. The molecule has 0 unspecified atom stereocenters. The van der Waals surface area contributed by atoms with Gasteiger partial charge in [0.25, 0.3) is 0 Å². The average molecular weight is 967 g/mol. The molecular formula is C51H112ClN9O5. The second-order valence-corrected chi connectivity index (χ2v) is 21.3. The van der Waals surface area contributed by atoms with Crippen LogP contribution in [-0.4, -0.2) is 247 Å². The van der Waals surface area contributed by atoms with Crippen molar-refractivity contribution >= 4 is 11.6 Å². The van der Waals surface area contributed by atoms with Gasteiger partial charge in [0, 0.05) is 162 Å². The standard InChI is InChI=1S/C10H21NO2.C8H18N2.C7H16N2O.C7H16N2.C7H16O2.C6H12ClN.C6H13N/c1-10(2)13-7-3-4-11-5-8-12-9-6-11;1-8(2)10-6-4-9(3)5-7-10;1-8-2-4-9(5-3-8)6-7-10;1-7(2)9-5-3-8-4-6-9;1-7(2)9-6-4-5-8-3;1-5(2)8-6(7)3-4-6;1-5(2)7-6-3-4-6/h10H,3-9H2,1-2H3;8H,4-7H2,1-3H3;10H,2-7H2,1H3;7-8H,3-6H2,1-2H3;7H,4-6H2,1-3H3;5,8H,3-4H2,1-2H3;5-7H,3-4H2,1-2H3.